The summed E-state index contributed by atoms with van der Waals surface area (Å²) in [6.45, 7) is 1.87. The molecule has 1 saturated heterocycles. The first-order valence-electron chi connectivity index (χ1n) is 6.44. The minimum absolute atomic E-state index is 0.0131. The van der Waals surface area contributed by atoms with Crippen LogP contribution in [0.15, 0.2) is 24.3 Å². The Morgan fingerprint density at radius 2 is 2.16 bits per heavy atom. The molecule has 1 aromatic carbocycles. The number of nitrogens with zero attached hydrogens (tertiary/aromatic N) is 2. The monoisotopic (exact) mass is 261 g/mol. The molecule has 0 unspecified atom stereocenters. The number of likely N-dealkylation sites (N-methyl/N-ethyl adjacent to an activating group) is 1. The molecule has 0 aromatic heterocycles. The number of benzene rings is 1. The zero-order chi connectivity index (χ0) is 13.8. The smallest absolute Gasteiger partial charge is 0.254 e. The van der Waals surface area contributed by atoms with Gasteiger partial charge in [0, 0.05) is 32.2 Å². The van der Waals surface area contributed by atoms with Gasteiger partial charge in [0.15, 0.2) is 0 Å². The molecule has 0 saturated carbocycles. The molecular formula is C14H19N3O2. The van der Waals surface area contributed by atoms with Crippen molar-refractivity contribution in [1.82, 2.24) is 9.80 Å². The van der Waals surface area contributed by atoms with Crippen LogP contribution in [-0.2, 0) is 11.3 Å². The van der Waals surface area contributed by atoms with Crippen LogP contribution in [0.1, 0.15) is 22.3 Å². The molecular weight excluding hydrogens is 242 g/mol. The Hall–Kier alpha value is -1.88. The third-order valence-corrected chi connectivity index (χ3v) is 3.37. The second-order valence-electron chi connectivity index (χ2n) is 4.80. The summed E-state index contributed by atoms with van der Waals surface area (Å²) >= 11 is 0. The Bertz CT molecular complexity index is 487. The maximum absolute atomic E-state index is 12.4. The molecule has 2 N–H and O–H groups in total. The van der Waals surface area contributed by atoms with Gasteiger partial charge in [-0.05, 0) is 24.1 Å². The van der Waals surface area contributed by atoms with Crippen LogP contribution in [0.3, 0.4) is 0 Å². The van der Waals surface area contributed by atoms with Gasteiger partial charge >= 0.3 is 0 Å². The Kier molecular flexibility index (Phi) is 4.16. The van der Waals surface area contributed by atoms with Crippen molar-refractivity contribution in [1.29, 1.82) is 0 Å². The minimum atomic E-state index is -0.0982. The van der Waals surface area contributed by atoms with Crippen molar-refractivity contribution < 1.29 is 9.59 Å². The van der Waals surface area contributed by atoms with Crippen LogP contribution in [0.25, 0.3) is 0 Å². The van der Waals surface area contributed by atoms with Gasteiger partial charge in [0.1, 0.15) is 6.54 Å². The van der Waals surface area contributed by atoms with E-state index in [-0.39, 0.29) is 18.4 Å². The molecule has 1 aliphatic heterocycles. The van der Waals surface area contributed by atoms with E-state index in [1.807, 2.05) is 12.1 Å². The molecule has 1 heterocycles. The summed E-state index contributed by atoms with van der Waals surface area (Å²) < 4.78 is 0. The third kappa shape index (κ3) is 3.12. The zero-order valence-corrected chi connectivity index (χ0v) is 11.1. The quantitative estimate of drug-likeness (QED) is 0.840. The van der Waals surface area contributed by atoms with E-state index in [9.17, 15) is 9.59 Å². The number of hydrogen-bond acceptors (Lipinski definition) is 3. The molecule has 0 radical (unpaired) electrons. The first kappa shape index (κ1) is 13.5. The molecule has 0 aliphatic carbocycles. The van der Waals surface area contributed by atoms with Crippen LogP contribution in [0.5, 0.6) is 0 Å². The van der Waals surface area contributed by atoms with Crippen LogP contribution in [-0.4, -0.2) is 48.3 Å². The van der Waals surface area contributed by atoms with Crippen LogP contribution >= 0.6 is 0 Å². The average Bonchev–Trinajstić information content (AvgIpc) is 2.60. The lowest BCUT2D eigenvalue weighted by Crippen LogP contribution is -2.38. The van der Waals surface area contributed by atoms with Crippen molar-refractivity contribution >= 4 is 11.8 Å². The molecule has 1 aromatic rings. The van der Waals surface area contributed by atoms with Crippen LogP contribution in [0.2, 0.25) is 0 Å². The molecule has 102 valence electrons. The fraction of sp³-hybridized carbons (Fsp3) is 0.429. The van der Waals surface area contributed by atoms with E-state index in [2.05, 4.69) is 0 Å². The summed E-state index contributed by atoms with van der Waals surface area (Å²) in [5.74, 6) is -0.111. The second-order valence-corrected chi connectivity index (χ2v) is 4.80. The number of nitrogens with two attached hydrogens (primary N) is 1. The van der Waals surface area contributed by atoms with Gasteiger partial charge in [-0.3, -0.25) is 9.59 Å². The maximum Gasteiger partial charge on any atom is 0.254 e. The molecule has 0 atom stereocenters. The van der Waals surface area contributed by atoms with E-state index >= 15 is 0 Å². The van der Waals surface area contributed by atoms with E-state index < -0.39 is 0 Å². The Morgan fingerprint density at radius 3 is 2.89 bits per heavy atom. The zero-order valence-electron chi connectivity index (χ0n) is 11.1. The standard InChI is InChI=1S/C14H19N3O2/c1-16-6-3-7-17(10-13(16)18)14(19)12-5-2-4-11(8-12)9-15/h2,4-5,8H,3,6-7,9-10,15H2,1H3. The summed E-state index contributed by atoms with van der Waals surface area (Å²) in [7, 11) is 1.77. The van der Waals surface area contributed by atoms with Gasteiger partial charge in [-0.2, -0.15) is 0 Å². The van der Waals surface area contributed by atoms with Crippen molar-refractivity contribution in [2.75, 3.05) is 26.7 Å². The molecule has 1 fully saturated rings. The number of amides is 2. The minimum Gasteiger partial charge on any atom is -0.344 e. The van der Waals surface area contributed by atoms with E-state index in [1.165, 1.54) is 0 Å². The highest BCUT2D eigenvalue weighted by atomic mass is 16.2. The molecule has 2 rings (SSSR count). The molecule has 0 bridgehead atoms. The number of carbonyl (C=O) groups excluding carboxylic acids is 2. The van der Waals surface area contributed by atoms with Gasteiger partial charge < -0.3 is 15.5 Å². The van der Waals surface area contributed by atoms with E-state index in [0.29, 0.717) is 25.2 Å². The predicted molar refractivity (Wildman–Crippen MR) is 72.5 cm³/mol. The first-order valence-corrected chi connectivity index (χ1v) is 6.44. The summed E-state index contributed by atoms with van der Waals surface area (Å²) in [5.41, 5.74) is 7.09. The first-order chi connectivity index (χ1) is 9.11. The van der Waals surface area contributed by atoms with E-state index in [0.717, 1.165) is 12.0 Å². The van der Waals surface area contributed by atoms with Crippen molar-refractivity contribution in [3.05, 3.63) is 35.4 Å². The second kappa shape index (κ2) is 5.84. The van der Waals surface area contributed by atoms with Crippen LogP contribution in [0, 0.1) is 0 Å². The third-order valence-electron chi connectivity index (χ3n) is 3.37. The Labute approximate surface area is 113 Å². The highest BCUT2D eigenvalue weighted by Gasteiger charge is 2.23. The van der Waals surface area contributed by atoms with Crippen LogP contribution in [0.4, 0.5) is 0 Å². The van der Waals surface area contributed by atoms with Gasteiger partial charge in [-0.1, -0.05) is 12.1 Å². The highest BCUT2D eigenvalue weighted by Crippen LogP contribution is 2.11. The Balaban J connectivity index is 2.16. The van der Waals surface area contributed by atoms with E-state index in [4.69, 9.17) is 5.73 Å². The van der Waals surface area contributed by atoms with Crippen molar-refractivity contribution in [3.8, 4) is 0 Å². The lowest BCUT2D eigenvalue weighted by Gasteiger charge is -2.20. The van der Waals surface area contributed by atoms with Gasteiger partial charge in [-0.25, -0.2) is 0 Å². The number of rotatable bonds is 2. The summed E-state index contributed by atoms with van der Waals surface area (Å²) in [5, 5.41) is 0. The number of hydrogen-bond donors (Lipinski definition) is 1. The summed E-state index contributed by atoms with van der Waals surface area (Å²) in [6.07, 6.45) is 0.810. The topological polar surface area (TPSA) is 66.6 Å². The van der Waals surface area contributed by atoms with E-state index in [1.54, 1.807) is 29.0 Å². The fourth-order valence-electron chi connectivity index (χ4n) is 2.17. The average molecular weight is 261 g/mol. The van der Waals surface area contributed by atoms with Gasteiger partial charge in [-0.15, -0.1) is 0 Å². The Morgan fingerprint density at radius 1 is 1.37 bits per heavy atom. The molecule has 5 heteroatoms. The normalized spacial score (nSPS) is 16.4. The lowest BCUT2D eigenvalue weighted by atomic mass is 10.1. The lowest BCUT2D eigenvalue weighted by molar-refractivity contribution is -0.129. The molecule has 5 nitrogen and oxygen atoms in total. The molecule has 2 amide bonds. The SMILES string of the molecule is CN1CCCN(C(=O)c2cccc(CN)c2)CC1=O. The highest BCUT2D eigenvalue weighted by molar-refractivity contribution is 5.96. The van der Waals surface area contributed by atoms with Crippen molar-refractivity contribution in [2.24, 2.45) is 5.73 Å². The van der Waals surface area contributed by atoms with Crippen molar-refractivity contribution in [2.45, 2.75) is 13.0 Å². The maximum atomic E-state index is 12.4. The number of carbonyl (C=O) groups is 2. The van der Waals surface area contributed by atoms with Gasteiger partial charge in [0.25, 0.3) is 5.91 Å². The van der Waals surface area contributed by atoms with Crippen LogP contribution < -0.4 is 5.73 Å². The largest absolute Gasteiger partial charge is 0.344 e. The molecule has 0 spiro atoms. The van der Waals surface area contributed by atoms with Gasteiger partial charge in [0.05, 0.1) is 0 Å². The predicted octanol–water partition coefficient (Wildman–Crippen LogP) is 0.450. The van der Waals surface area contributed by atoms with Crippen molar-refractivity contribution in [3.63, 3.8) is 0 Å². The summed E-state index contributed by atoms with van der Waals surface area (Å²) in [4.78, 5) is 27.5. The molecule has 1 aliphatic rings. The van der Waals surface area contributed by atoms with Gasteiger partial charge in [0.2, 0.25) is 5.91 Å². The summed E-state index contributed by atoms with van der Waals surface area (Å²) in [6, 6.07) is 7.27. The molecule has 19 heavy (non-hydrogen) atoms. The fourth-order valence-corrected chi connectivity index (χ4v) is 2.17.